The van der Waals surface area contributed by atoms with Crippen LogP contribution < -0.4 is 0 Å². The van der Waals surface area contributed by atoms with Gasteiger partial charge in [-0.3, -0.25) is 0 Å². The summed E-state index contributed by atoms with van der Waals surface area (Å²) in [7, 11) is 1.63. The van der Waals surface area contributed by atoms with E-state index < -0.39 is 11.8 Å². The number of hydrogen-bond acceptors (Lipinski definition) is 2. The summed E-state index contributed by atoms with van der Waals surface area (Å²) in [5.41, 5.74) is 0.359. The minimum atomic E-state index is -1.17. The van der Waals surface area contributed by atoms with Crippen LogP contribution in [0.3, 0.4) is 0 Å². The van der Waals surface area contributed by atoms with Gasteiger partial charge in [0.25, 0.3) is 0 Å². The normalized spacial score (nSPS) is 10.4. The largest absolute Gasteiger partial charge is 0.476 e. The molecule has 0 unspecified atom stereocenters. The van der Waals surface area contributed by atoms with Crippen molar-refractivity contribution in [2.75, 3.05) is 0 Å². The van der Waals surface area contributed by atoms with Gasteiger partial charge in [0.15, 0.2) is 5.69 Å². The monoisotopic (exact) mass is 220 g/mol. The Hall–Kier alpha value is -2.17. The molecule has 0 aliphatic carbocycles. The van der Waals surface area contributed by atoms with Gasteiger partial charge >= 0.3 is 5.97 Å². The molecule has 0 aliphatic heterocycles. The van der Waals surface area contributed by atoms with Crippen LogP contribution in [-0.4, -0.2) is 20.6 Å². The second kappa shape index (κ2) is 3.77. The van der Waals surface area contributed by atoms with Gasteiger partial charge in [0.05, 0.1) is 12.0 Å². The first-order valence-corrected chi connectivity index (χ1v) is 4.60. The molecule has 1 heterocycles. The van der Waals surface area contributed by atoms with E-state index in [4.69, 9.17) is 5.11 Å². The highest BCUT2D eigenvalue weighted by atomic mass is 19.1. The fraction of sp³-hybridized carbons (Fsp3) is 0.0909. The van der Waals surface area contributed by atoms with E-state index in [1.165, 1.54) is 23.0 Å². The van der Waals surface area contributed by atoms with Crippen molar-refractivity contribution in [3.8, 4) is 11.3 Å². The molecule has 5 heteroatoms. The Morgan fingerprint density at radius 3 is 2.75 bits per heavy atom. The Balaban J connectivity index is 2.68. The highest BCUT2D eigenvalue weighted by molar-refractivity contribution is 5.93. The Kier molecular flexibility index (Phi) is 2.44. The van der Waals surface area contributed by atoms with Gasteiger partial charge in [0.1, 0.15) is 5.82 Å². The zero-order chi connectivity index (χ0) is 11.7. The van der Waals surface area contributed by atoms with Gasteiger partial charge in [-0.25, -0.2) is 14.2 Å². The molecule has 0 saturated carbocycles. The summed E-state index contributed by atoms with van der Waals surface area (Å²) in [5.74, 6) is -1.63. The van der Waals surface area contributed by atoms with Crippen molar-refractivity contribution >= 4 is 5.97 Å². The second-order valence-electron chi connectivity index (χ2n) is 3.34. The number of carboxylic acids is 1. The van der Waals surface area contributed by atoms with Crippen LogP contribution in [0.5, 0.6) is 0 Å². The summed E-state index contributed by atoms with van der Waals surface area (Å²) in [5, 5.41) is 8.93. The van der Waals surface area contributed by atoms with Crippen LogP contribution in [-0.2, 0) is 7.05 Å². The molecule has 1 aromatic carbocycles. The first-order chi connectivity index (χ1) is 7.61. The molecule has 4 nitrogen and oxygen atoms in total. The number of carboxylic acid groups (broad SMARTS) is 1. The minimum Gasteiger partial charge on any atom is -0.476 e. The molecule has 0 saturated heterocycles. The maximum atomic E-state index is 13.5. The molecule has 1 aromatic heterocycles. The molecule has 2 rings (SSSR count). The number of imidazole rings is 1. The fourth-order valence-electron chi connectivity index (χ4n) is 1.56. The van der Waals surface area contributed by atoms with E-state index in [1.807, 2.05) is 0 Å². The van der Waals surface area contributed by atoms with E-state index >= 15 is 0 Å². The Labute approximate surface area is 91.0 Å². The Morgan fingerprint density at radius 1 is 1.44 bits per heavy atom. The van der Waals surface area contributed by atoms with Crippen molar-refractivity contribution in [2.45, 2.75) is 0 Å². The lowest BCUT2D eigenvalue weighted by Gasteiger charge is -2.05. The summed E-state index contributed by atoms with van der Waals surface area (Å²) < 4.78 is 15.0. The van der Waals surface area contributed by atoms with Crippen molar-refractivity contribution < 1.29 is 14.3 Å². The molecule has 0 aliphatic rings. The van der Waals surface area contributed by atoms with Gasteiger partial charge in [-0.05, 0) is 12.1 Å². The molecule has 0 radical (unpaired) electrons. The molecule has 1 N–H and O–H groups in total. The number of halogens is 1. The molecule has 0 amide bonds. The van der Waals surface area contributed by atoms with E-state index in [-0.39, 0.29) is 17.0 Å². The van der Waals surface area contributed by atoms with E-state index in [2.05, 4.69) is 4.98 Å². The zero-order valence-corrected chi connectivity index (χ0v) is 8.51. The molecular formula is C11H9FN2O2. The molecule has 2 aromatic rings. The van der Waals surface area contributed by atoms with Gasteiger partial charge in [-0.2, -0.15) is 0 Å². The van der Waals surface area contributed by atoms with E-state index in [1.54, 1.807) is 19.2 Å². The van der Waals surface area contributed by atoms with Crippen LogP contribution >= 0.6 is 0 Å². The number of hydrogen-bond donors (Lipinski definition) is 1. The number of benzene rings is 1. The maximum Gasteiger partial charge on any atom is 0.356 e. The second-order valence-corrected chi connectivity index (χ2v) is 3.34. The molecule has 0 atom stereocenters. The highest BCUT2D eigenvalue weighted by Crippen LogP contribution is 2.25. The topological polar surface area (TPSA) is 55.1 Å². The molecule has 0 spiro atoms. The predicted molar refractivity (Wildman–Crippen MR) is 55.6 cm³/mol. The van der Waals surface area contributed by atoms with Crippen LogP contribution in [0, 0.1) is 5.82 Å². The summed E-state index contributed by atoms with van der Waals surface area (Å²) in [4.78, 5) is 14.7. The van der Waals surface area contributed by atoms with E-state index in [0.717, 1.165) is 0 Å². The van der Waals surface area contributed by atoms with E-state index in [9.17, 15) is 9.18 Å². The van der Waals surface area contributed by atoms with Crippen LogP contribution in [0.25, 0.3) is 11.3 Å². The van der Waals surface area contributed by atoms with Gasteiger partial charge in [0, 0.05) is 12.6 Å². The lowest BCUT2D eigenvalue weighted by molar-refractivity contribution is 0.0692. The van der Waals surface area contributed by atoms with Crippen molar-refractivity contribution in [1.29, 1.82) is 0 Å². The smallest absolute Gasteiger partial charge is 0.356 e. The van der Waals surface area contributed by atoms with Gasteiger partial charge < -0.3 is 9.67 Å². The first-order valence-electron chi connectivity index (χ1n) is 4.60. The number of aromatic carboxylic acids is 1. The lowest BCUT2D eigenvalue weighted by atomic mass is 10.1. The number of carbonyl (C=O) groups is 1. The molecule has 16 heavy (non-hydrogen) atoms. The van der Waals surface area contributed by atoms with Crippen molar-refractivity contribution in [3.05, 3.63) is 42.1 Å². The number of rotatable bonds is 2. The minimum absolute atomic E-state index is 0.146. The quantitative estimate of drug-likeness (QED) is 0.841. The van der Waals surface area contributed by atoms with Gasteiger partial charge in [-0.15, -0.1) is 0 Å². The van der Waals surface area contributed by atoms with Gasteiger partial charge in [-0.1, -0.05) is 12.1 Å². The first kappa shape index (κ1) is 10.4. The number of nitrogens with zero attached hydrogens (tertiary/aromatic N) is 2. The average molecular weight is 220 g/mol. The number of aromatic nitrogens is 2. The zero-order valence-electron chi connectivity index (χ0n) is 8.51. The van der Waals surface area contributed by atoms with Crippen LogP contribution in [0.4, 0.5) is 4.39 Å². The van der Waals surface area contributed by atoms with Crippen molar-refractivity contribution in [1.82, 2.24) is 9.55 Å². The molecule has 82 valence electrons. The summed E-state index contributed by atoms with van der Waals surface area (Å²) in [6.07, 6.45) is 1.35. The Bertz CT molecular complexity index is 549. The molecule has 0 bridgehead atoms. The van der Waals surface area contributed by atoms with Crippen LogP contribution in [0.15, 0.2) is 30.6 Å². The third-order valence-corrected chi connectivity index (χ3v) is 2.27. The van der Waals surface area contributed by atoms with Gasteiger partial charge in [0.2, 0.25) is 0 Å². The SMILES string of the molecule is Cn1cnc(C(=O)O)c1-c1ccccc1F. The van der Waals surface area contributed by atoms with Crippen molar-refractivity contribution in [2.24, 2.45) is 7.05 Å². The molecule has 0 fully saturated rings. The summed E-state index contributed by atoms with van der Waals surface area (Å²) in [6, 6.07) is 6.01. The standard InChI is InChI=1S/C11H9FN2O2/c1-14-6-13-9(11(15)16)10(14)7-4-2-3-5-8(7)12/h2-6H,1H3,(H,15,16). The van der Waals surface area contributed by atoms with Crippen LogP contribution in [0.2, 0.25) is 0 Å². The fourth-order valence-corrected chi connectivity index (χ4v) is 1.56. The third-order valence-electron chi connectivity index (χ3n) is 2.27. The lowest BCUT2D eigenvalue weighted by Crippen LogP contribution is -2.02. The summed E-state index contributed by atoms with van der Waals surface area (Å²) in [6.45, 7) is 0. The maximum absolute atomic E-state index is 13.5. The third kappa shape index (κ3) is 1.56. The van der Waals surface area contributed by atoms with E-state index in [0.29, 0.717) is 0 Å². The number of aryl methyl sites for hydroxylation is 1. The van der Waals surface area contributed by atoms with Crippen molar-refractivity contribution in [3.63, 3.8) is 0 Å². The summed E-state index contributed by atoms with van der Waals surface area (Å²) >= 11 is 0. The average Bonchev–Trinajstić information content (AvgIpc) is 2.61. The molecular weight excluding hydrogens is 211 g/mol. The Morgan fingerprint density at radius 2 is 2.12 bits per heavy atom. The highest BCUT2D eigenvalue weighted by Gasteiger charge is 2.19. The van der Waals surface area contributed by atoms with Crippen LogP contribution in [0.1, 0.15) is 10.5 Å². The predicted octanol–water partition coefficient (Wildman–Crippen LogP) is 1.92.